The molecule has 8 nitrogen and oxygen atoms in total. The average Bonchev–Trinajstić information content (AvgIpc) is 2.95. The number of anilines is 4. The van der Waals surface area contributed by atoms with Crippen LogP contribution in [0.25, 0.3) is 11.3 Å². The maximum absolute atomic E-state index is 5.53. The molecule has 5 rings (SSSR count). The molecule has 1 aromatic carbocycles. The fourth-order valence-electron chi connectivity index (χ4n) is 4.47. The summed E-state index contributed by atoms with van der Waals surface area (Å²) in [4.78, 5) is 17.4. The lowest BCUT2D eigenvalue weighted by atomic mass is 10.0. The van der Waals surface area contributed by atoms with Crippen molar-refractivity contribution in [3.63, 3.8) is 0 Å². The van der Waals surface area contributed by atoms with E-state index in [1.807, 2.05) is 13.1 Å². The van der Waals surface area contributed by atoms with Gasteiger partial charge in [0.2, 0.25) is 5.95 Å². The monoisotopic (exact) mass is 474 g/mol. The molecule has 3 aromatic rings. The summed E-state index contributed by atoms with van der Waals surface area (Å²) in [6.07, 6.45) is 2.49. The molecular formula is C25H30N8S. The Hall–Kier alpha value is -3.14. The van der Waals surface area contributed by atoms with Crippen LogP contribution in [-0.4, -0.2) is 70.2 Å². The summed E-state index contributed by atoms with van der Waals surface area (Å²) in [7, 11) is 4.18. The summed E-state index contributed by atoms with van der Waals surface area (Å²) < 4.78 is 0. The zero-order valence-electron chi connectivity index (χ0n) is 20.1. The number of aryl methyl sites for hydroxylation is 2. The zero-order chi connectivity index (χ0) is 23.8. The number of nitrogens with one attached hydrogen (secondary N) is 2. The van der Waals surface area contributed by atoms with Crippen LogP contribution in [0.2, 0.25) is 0 Å². The largest absolute Gasteiger partial charge is 0.354 e. The second kappa shape index (κ2) is 9.25. The molecule has 2 aliphatic rings. The fraction of sp³-hybridized carbons (Fsp3) is 0.360. The molecule has 0 atom stereocenters. The van der Waals surface area contributed by atoms with Gasteiger partial charge in [0.05, 0.1) is 22.1 Å². The molecule has 2 N–H and O–H groups in total. The number of nitrogens with zero attached hydrogens (tertiary/aromatic N) is 6. The minimum Gasteiger partial charge on any atom is -0.354 e. The number of aromatic nitrogens is 3. The van der Waals surface area contributed by atoms with Crippen molar-refractivity contribution >= 4 is 40.3 Å². The third-order valence-corrected chi connectivity index (χ3v) is 6.63. The number of hydrogen-bond acceptors (Lipinski definition) is 8. The van der Waals surface area contributed by atoms with Crippen LogP contribution in [0.1, 0.15) is 16.8 Å². The van der Waals surface area contributed by atoms with E-state index in [0.29, 0.717) is 12.4 Å². The highest BCUT2D eigenvalue weighted by molar-refractivity contribution is 7.80. The summed E-state index contributed by atoms with van der Waals surface area (Å²) in [5.41, 5.74) is 6.95. The molecule has 0 radical (unpaired) electrons. The van der Waals surface area contributed by atoms with Crippen LogP contribution in [0, 0.1) is 13.8 Å². The van der Waals surface area contributed by atoms with E-state index < -0.39 is 0 Å². The lowest BCUT2D eigenvalue weighted by Crippen LogP contribution is -2.51. The quantitative estimate of drug-likeness (QED) is 0.550. The van der Waals surface area contributed by atoms with E-state index in [9.17, 15) is 0 Å². The van der Waals surface area contributed by atoms with Gasteiger partial charge in [-0.2, -0.15) is 0 Å². The van der Waals surface area contributed by atoms with Gasteiger partial charge in [-0.1, -0.05) is 24.4 Å². The first-order chi connectivity index (χ1) is 16.4. The number of pyridine rings is 1. The number of rotatable bonds is 4. The first kappa shape index (κ1) is 22.6. The Balaban J connectivity index is 1.38. The first-order valence-electron chi connectivity index (χ1n) is 11.6. The summed E-state index contributed by atoms with van der Waals surface area (Å²) >= 11 is 5.53. The number of hydrazine groups is 1. The molecular weight excluding hydrogens is 444 g/mol. The normalized spacial score (nSPS) is 16.0. The maximum Gasteiger partial charge on any atom is 0.227 e. The Labute approximate surface area is 206 Å². The van der Waals surface area contributed by atoms with Crippen molar-refractivity contribution in [2.75, 3.05) is 55.8 Å². The van der Waals surface area contributed by atoms with Crippen molar-refractivity contribution in [3.05, 3.63) is 53.3 Å². The lowest BCUT2D eigenvalue weighted by Gasteiger charge is -2.38. The molecule has 0 unspecified atom stereocenters. The number of thiocarbonyl (C=S) groups is 1. The molecule has 34 heavy (non-hydrogen) atoms. The molecule has 1 fully saturated rings. The van der Waals surface area contributed by atoms with Gasteiger partial charge in [0, 0.05) is 69.7 Å². The zero-order valence-corrected chi connectivity index (χ0v) is 20.9. The van der Waals surface area contributed by atoms with E-state index in [-0.39, 0.29) is 0 Å². The summed E-state index contributed by atoms with van der Waals surface area (Å²) in [5, 5.41) is 11.2. The van der Waals surface area contributed by atoms with Crippen LogP contribution in [0.4, 0.5) is 23.1 Å². The van der Waals surface area contributed by atoms with Crippen LogP contribution in [0.15, 0.2) is 36.5 Å². The Bertz CT molecular complexity index is 1230. The van der Waals surface area contributed by atoms with E-state index in [4.69, 9.17) is 22.2 Å². The van der Waals surface area contributed by atoms with E-state index in [1.54, 1.807) is 0 Å². The van der Waals surface area contributed by atoms with Crippen molar-refractivity contribution in [2.45, 2.75) is 20.3 Å². The molecule has 176 valence electrons. The minimum absolute atomic E-state index is 0.551. The van der Waals surface area contributed by atoms with Crippen LogP contribution < -0.4 is 15.5 Å². The van der Waals surface area contributed by atoms with E-state index in [2.05, 4.69) is 81.9 Å². The third kappa shape index (κ3) is 4.59. The average molecular weight is 475 g/mol. The summed E-state index contributed by atoms with van der Waals surface area (Å²) in [5.74, 6) is 1.56. The predicted octanol–water partition coefficient (Wildman–Crippen LogP) is 3.79. The highest BCUT2D eigenvalue weighted by Crippen LogP contribution is 2.34. The van der Waals surface area contributed by atoms with Gasteiger partial charge < -0.3 is 15.5 Å². The van der Waals surface area contributed by atoms with Crippen molar-refractivity contribution in [2.24, 2.45) is 0 Å². The Morgan fingerprint density at radius 1 is 1.03 bits per heavy atom. The van der Waals surface area contributed by atoms with Crippen LogP contribution in [0.3, 0.4) is 0 Å². The maximum atomic E-state index is 5.53. The van der Waals surface area contributed by atoms with Crippen LogP contribution in [-0.2, 0) is 6.42 Å². The summed E-state index contributed by atoms with van der Waals surface area (Å²) in [6.45, 7) is 8.00. The van der Waals surface area contributed by atoms with Crippen molar-refractivity contribution < 1.29 is 0 Å². The van der Waals surface area contributed by atoms with Gasteiger partial charge in [0.1, 0.15) is 5.82 Å². The third-order valence-electron chi connectivity index (χ3n) is 6.38. The number of fused-ring (bicyclic) bond motifs is 3. The Morgan fingerprint density at radius 3 is 2.56 bits per heavy atom. The second-order valence-corrected chi connectivity index (χ2v) is 9.55. The second-order valence-electron chi connectivity index (χ2n) is 9.06. The van der Waals surface area contributed by atoms with Gasteiger partial charge in [-0.3, -0.25) is 0 Å². The highest BCUT2D eigenvalue weighted by atomic mass is 32.1. The fourth-order valence-corrected chi connectivity index (χ4v) is 4.73. The first-order valence-corrected chi connectivity index (χ1v) is 12.0. The topological polar surface area (TPSA) is 72.5 Å². The van der Waals surface area contributed by atoms with E-state index in [0.717, 1.165) is 70.9 Å². The molecule has 0 spiro atoms. The Morgan fingerprint density at radius 2 is 1.82 bits per heavy atom. The minimum atomic E-state index is 0.551. The SMILES string of the molecule is Cc1ccc2c(c1)NC(=S)Cc1cnc(Nc3ccc(N4CCN(N(C)C)CC4)nc3C)nc1-2. The number of hydrogen-bond donors (Lipinski definition) is 2. The highest BCUT2D eigenvalue weighted by Gasteiger charge is 2.21. The molecule has 2 aliphatic heterocycles. The van der Waals surface area contributed by atoms with Crippen molar-refractivity contribution in [3.8, 4) is 11.3 Å². The van der Waals surface area contributed by atoms with E-state index >= 15 is 0 Å². The molecule has 1 saturated heterocycles. The van der Waals surface area contributed by atoms with Crippen molar-refractivity contribution in [1.29, 1.82) is 0 Å². The number of benzene rings is 1. The molecule has 0 aliphatic carbocycles. The number of piperazine rings is 1. The molecule has 9 heteroatoms. The van der Waals surface area contributed by atoms with Crippen molar-refractivity contribution in [1.82, 2.24) is 25.0 Å². The summed E-state index contributed by atoms with van der Waals surface area (Å²) in [6, 6.07) is 10.4. The lowest BCUT2D eigenvalue weighted by molar-refractivity contribution is 0.0200. The van der Waals surface area contributed by atoms with Gasteiger partial charge in [-0.05, 0) is 37.6 Å². The van der Waals surface area contributed by atoms with Crippen LogP contribution >= 0.6 is 12.2 Å². The molecule has 0 amide bonds. The van der Waals surface area contributed by atoms with Crippen LogP contribution in [0.5, 0.6) is 0 Å². The molecule has 4 heterocycles. The van der Waals surface area contributed by atoms with E-state index in [1.165, 1.54) is 5.56 Å². The standard InChI is InChI=1S/C25H30N8S/c1-16-5-6-19-21(13-16)28-23(34)14-18-15-26-25(30-24(18)19)29-20-7-8-22(27-17(20)2)32-9-11-33(12-10-32)31(3)4/h5-8,13,15H,9-12,14H2,1-4H3,(H,28,34)(H,26,29,30). The smallest absolute Gasteiger partial charge is 0.227 e. The molecule has 0 bridgehead atoms. The Kier molecular flexibility index (Phi) is 6.16. The van der Waals surface area contributed by atoms with Gasteiger partial charge in [0.15, 0.2) is 0 Å². The van der Waals surface area contributed by atoms with Gasteiger partial charge in [-0.15, -0.1) is 0 Å². The van der Waals surface area contributed by atoms with Gasteiger partial charge in [-0.25, -0.2) is 25.0 Å². The van der Waals surface area contributed by atoms with Gasteiger partial charge >= 0.3 is 0 Å². The van der Waals surface area contributed by atoms with Gasteiger partial charge in [0.25, 0.3) is 0 Å². The predicted molar refractivity (Wildman–Crippen MR) is 142 cm³/mol. The molecule has 0 saturated carbocycles. The molecule has 2 aromatic heterocycles.